The molecule has 0 aliphatic carbocycles. The topological polar surface area (TPSA) is 67.1 Å². The average Bonchev–Trinajstić information content (AvgIpc) is 3.15. The molecule has 2 aromatic rings. The Balaban J connectivity index is 1.88. The maximum absolute atomic E-state index is 12.5. The summed E-state index contributed by atoms with van der Waals surface area (Å²) < 4.78 is 39.4. The number of hydrogen-bond acceptors (Lipinski definition) is 4. The quantitative estimate of drug-likeness (QED) is 0.621. The van der Waals surface area contributed by atoms with Crippen molar-refractivity contribution in [2.24, 2.45) is 4.99 Å². The number of aliphatic imine (C=N–C) groups is 1. The Bertz CT molecular complexity index is 620. The molecule has 0 unspecified atom stereocenters. The Kier molecular flexibility index (Phi) is 5.97. The third-order valence-electron chi connectivity index (χ3n) is 2.78. The fraction of sp³-hybridized carbons (Fsp3) is 0.462. The first-order valence-electron chi connectivity index (χ1n) is 6.98. The molecule has 2 rings (SSSR count). The zero-order chi connectivity index (χ0) is 16.7. The molecule has 0 saturated heterocycles. The number of nitrogens with one attached hydrogen (secondary N) is 2. The number of nitrogens with zero attached hydrogens (tertiary/aromatic N) is 4. The van der Waals surface area contributed by atoms with E-state index in [1.807, 2.05) is 17.7 Å². The van der Waals surface area contributed by atoms with E-state index in [4.69, 9.17) is 0 Å². The van der Waals surface area contributed by atoms with E-state index < -0.39 is 11.9 Å². The van der Waals surface area contributed by atoms with Crippen molar-refractivity contribution >= 4 is 17.3 Å². The highest BCUT2D eigenvalue weighted by atomic mass is 32.1. The van der Waals surface area contributed by atoms with Crippen LogP contribution in [0.15, 0.2) is 29.1 Å². The molecule has 0 fully saturated rings. The minimum Gasteiger partial charge on any atom is -0.357 e. The first-order valence-corrected chi connectivity index (χ1v) is 7.86. The van der Waals surface area contributed by atoms with Crippen LogP contribution >= 0.6 is 11.3 Å². The van der Waals surface area contributed by atoms with Gasteiger partial charge in [-0.1, -0.05) is 0 Å². The van der Waals surface area contributed by atoms with Crippen molar-refractivity contribution in [3.63, 3.8) is 0 Å². The Labute approximate surface area is 135 Å². The highest BCUT2D eigenvalue weighted by Gasteiger charge is 2.33. The standard InChI is InChI=1S/C13H17F3N6S/c1-2-18-12(19-4-6-22-5-3-17-9-22)20-7-11-21-10(8-23-11)13(14,15)16/h3,5,8-9H,2,4,6-7H2,1H3,(H2,18,19,20). The zero-order valence-electron chi connectivity index (χ0n) is 12.5. The number of guanidine groups is 1. The molecular weight excluding hydrogens is 329 g/mol. The number of imidazole rings is 1. The summed E-state index contributed by atoms with van der Waals surface area (Å²) in [7, 11) is 0. The number of hydrogen-bond donors (Lipinski definition) is 2. The molecule has 0 saturated carbocycles. The molecular formula is C13H17F3N6S. The van der Waals surface area contributed by atoms with Gasteiger partial charge in [-0.15, -0.1) is 11.3 Å². The smallest absolute Gasteiger partial charge is 0.357 e. The number of aromatic nitrogens is 3. The molecule has 0 atom stereocenters. The van der Waals surface area contributed by atoms with E-state index in [-0.39, 0.29) is 6.54 Å². The minimum atomic E-state index is -4.41. The lowest BCUT2D eigenvalue weighted by Gasteiger charge is -2.11. The van der Waals surface area contributed by atoms with Crippen LogP contribution < -0.4 is 10.6 Å². The van der Waals surface area contributed by atoms with E-state index in [1.54, 1.807) is 12.5 Å². The molecule has 0 aliphatic heterocycles. The maximum Gasteiger partial charge on any atom is 0.434 e. The van der Waals surface area contributed by atoms with Crippen LogP contribution in [-0.4, -0.2) is 33.6 Å². The van der Waals surface area contributed by atoms with Crippen molar-refractivity contribution in [3.8, 4) is 0 Å². The molecule has 23 heavy (non-hydrogen) atoms. The fourth-order valence-electron chi connectivity index (χ4n) is 1.72. The first kappa shape index (κ1) is 17.3. The summed E-state index contributed by atoms with van der Waals surface area (Å²) in [4.78, 5) is 11.7. The van der Waals surface area contributed by atoms with Crippen molar-refractivity contribution in [2.75, 3.05) is 13.1 Å². The van der Waals surface area contributed by atoms with Gasteiger partial charge in [0, 0.05) is 37.4 Å². The van der Waals surface area contributed by atoms with Gasteiger partial charge in [-0.05, 0) is 6.92 Å². The highest BCUT2D eigenvalue weighted by Crippen LogP contribution is 2.30. The van der Waals surface area contributed by atoms with Crippen LogP contribution in [0.5, 0.6) is 0 Å². The van der Waals surface area contributed by atoms with Gasteiger partial charge in [-0.2, -0.15) is 13.2 Å². The highest BCUT2D eigenvalue weighted by molar-refractivity contribution is 7.09. The van der Waals surface area contributed by atoms with Crippen molar-refractivity contribution in [1.29, 1.82) is 0 Å². The normalized spacial score (nSPS) is 12.4. The van der Waals surface area contributed by atoms with E-state index in [9.17, 15) is 13.2 Å². The lowest BCUT2D eigenvalue weighted by atomic mass is 10.5. The Hall–Kier alpha value is -2.10. The predicted molar refractivity (Wildman–Crippen MR) is 82.2 cm³/mol. The SMILES string of the molecule is CCNC(=NCc1nc(C(F)(F)F)cs1)NCCn1ccnc1. The van der Waals surface area contributed by atoms with Gasteiger partial charge in [0.05, 0.1) is 12.9 Å². The van der Waals surface area contributed by atoms with Crippen LogP contribution in [0.2, 0.25) is 0 Å². The number of rotatable bonds is 6. The van der Waals surface area contributed by atoms with E-state index in [0.29, 0.717) is 30.6 Å². The molecule has 6 nitrogen and oxygen atoms in total. The number of halogens is 3. The van der Waals surface area contributed by atoms with Crippen molar-refractivity contribution in [3.05, 3.63) is 34.8 Å². The average molecular weight is 346 g/mol. The molecule has 2 heterocycles. The number of thiazole rings is 1. The Morgan fingerprint density at radius 1 is 1.39 bits per heavy atom. The van der Waals surface area contributed by atoms with Gasteiger partial charge in [0.15, 0.2) is 11.7 Å². The molecule has 0 bridgehead atoms. The molecule has 2 aromatic heterocycles. The van der Waals surface area contributed by atoms with Gasteiger partial charge in [0.25, 0.3) is 0 Å². The summed E-state index contributed by atoms with van der Waals surface area (Å²) in [5.74, 6) is 0.538. The fourth-order valence-corrected chi connectivity index (χ4v) is 2.45. The second-order valence-corrected chi connectivity index (χ2v) is 5.49. The van der Waals surface area contributed by atoms with Gasteiger partial charge < -0.3 is 15.2 Å². The van der Waals surface area contributed by atoms with Crippen LogP contribution in [0.3, 0.4) is 0 Å². The summed E-state index contributed by atoms with van der Waals surface area (Å²) in [5, 5.41) is 7.48. The predicted octanol–water partition coefficient (Wildman–Crippen LogP) is 2.11. The summed E-state index contributed by atoms with van der Waals surface area (Å²) in [6, 6.07) is 0. The van der Waals surface area contributed by atoms with Crippen LogP contribution in [0.25, 0.3) is 0 Å². The van der Waals surface area contributed by atoms with Gasteiger partial charge in [-0.3, -0.25) is 0 Å². The molecule has 0 spiro atoms. The van der Waals surface area contributed by atoms with Crippen LogP contribution in [0.4, 0.5) is 13.2 Å². The summed E-state index contributed by atoms with van der Waals surface area (Å²) in [6.07, 6.45) is 0.839. The largest absolute Gasteiger partial charge is 0.434 e. The Morgan fingerprint density at radius 2 is 2.22 bits per heavy atom. The lowest BCUT2D eigenvalue weighted by Crippen LogP contribution is -2.38. The van der Waals surface area contributed by atoms with Crippen LogP contribution in [0.1, 0.15) is 17.6 Å². The van der Waals surface area contributed by atoms with Crippen LogP contribution in [-0.2, 0) is 19.3 Å². The summed E-state index contributed by atoms with van der Waals surface area (Å²) in [6.45, 7) is 4.00. The van der Waals surface area contributed by atoms with E-state index in [2.05, 4.69) is 25.6 Å². The minimum absolute atomic E-state index is 0.0984. The monoisotopic (exact) mass is 346 g/mol. The Morgan fingerprint density at radius 3 is 2.83 bits per heavy atom. The van der Waals surface area contributed by atoms with Gasteiger partial charge in [-0.25, -0.2) is 15.0 Å². The molecule has 2 N–H and O–H groups in total. The molecule has 126 valence electrons. The van der Waals surface area contributed by atoms with Gasteiger partial charge >= 0.3 is 6.18 Å². The molecule has 0 radical (unpaired) electrons. The zero-order valence-corrected chi connectivity index (χ0v) is 13.3. The van der Waals surface area contributed by atoms with Crippen molar-refractivity contribution < 1.29 is 13.2 Å². The maximum atomic E-state index is 12.5. The molecule has 0 amide bonds. The second-order valence-electron chi connectivity index (χ2n) is 4.55. The molecule has 10 heteroatoms. The lowest BCUT2D eigenvalue weighted by molar-refractivity contribution is -0.140. The van der Waals surface area contributed by atoms with E-state index >= 15 is 0 Å². The third-order valence-corrected chi connectivity index (χ3v) is 3.61. The first-order chi connectivity index (χ1) is 11.0. The van der Waals surface area contributed by atoms with Crippen LogP contribution in [0, 0.1) is 0 Å². The second kappa shape index (κ2) is 7.95. The van der Waals surface area contributed by atoms with Gasteiger partial charge in [0.1, 0.15) is 5.01 Å². The van der Waals surface area contributed by atoms with Crippen molar-refractivity contribution in [1.82, 2.24) is 25.2 Å². The van der Waals surface area contributed by atoms with Crippen molar-refractivity contribution in [2.45, 2.75) is 26.2 Å². The molecule has 0 aromatic carbocycles. The van der Waals surface area contributed by atoms with E-state index in [1.165, 1.54) is 0 Å². The molecule has 0 aliphatic rings. The van der Waals surface area contributed by atoms with Gasteiger partial charge in [0.2, 0.25) is 0 Å². The number of alkyl halides is 3. The summed E-state index contributed by atoms with van der Waals surface area (Å²) >= 11 is 0.952. The summed E-state index contributed by atoms with van der Waals surface area (Å²) in [5.41, 5.74) is -0.870. The van der Waals surface area contributed by atoms with E-state index in [0.717, 1.165) is 16.7 Å². The third kappa shape index (κ3) is 5.55.